The van der Waals surface area contributed by atoms with Crippen molar-refractivity contribution in [1.82, 2.24) is 0 Å². The predicted octanol–water partition coefficient (Wildman–Crippen LogP) is 2.86. The molecule has 0 radical (unpaired) electrons. The van der Waals surface area contributed by atoms with Crippen LogP contribution in [0.3, 0.4) is 0 Å². The predicted molar refractivity (Wildman–Crippen MR) is 68.4 cm³/mol. The summed E-state index contributed by atoms with van der Waals surface area (Å²) in [6, 6.07) is 5.89. The Morgan fingerprint density at radius 3 is 2.53 bits per heavy atom. The van der Waals surface area contributed by atoms with E-state index in [2.05, 4.69) is 0 Å². The first-order valence-corrected chi connectivity index (χ1v) is 6.16. The first-order valence-electron chi connectivity index (χ1n) is 6.16. The summed E-state index contributed by atoms with van der Waals surface area (Å²) in [6.07, 6.45) is 2.67. The lowest BCUT2D eigenvalue weighted by Gasteiger charge is -2.22. The molecule has 17 heavy (non-hydrogen) atoms. The molecule has 0 saturated heterocycles. The minimum atomic E-state index is -0.193. The van der Waals surface area contributed by atoms with E-state index in [1.165, 1.54) is 0 Å². The summed E-state index contributed by atoms with van der Waals surface area (Å²) in [5, 5.41) is 0. The van der Waals surface area contributed by atoms with Crippen LogP contribution in [-0.2, 0) is 6.54 Å². The van der Waals surface area contributed by atoms with Crippen LogP contribution in [0.5, 0.6) is 11.5 Å². The van der Waals surface area contributed by atoms with Crippen LogP contribution in [0.25, 0.3) is 0 Å². The molecule has 1 aromatic rings. The van der Waals surface area contributed by atoms with Crippen molar-refractivity contribution >= 4 is 0 Å². The normalized spacial score (nSPS) is 15.8. The highest BCUT2D eigenvalue weighted by molar-refractivity contribution is 5.41. The van der Waals surface area contributed by atoms with Crippen molar-refractivity contribution < 1.29 is 9.47 Å². The summed E-state index contributed by atoms with van der Waals surface area (Å²) in [5.41, 5.74) is 6.55. The lowest BCUT2D eigenvalue weighted by atomic mass is 10.1. The number of hydrogen-bond acceptors (Lipinski definition) is 3. The number of nitrogens with two attached hydrogens (primary N) is 1. The van der Waals surface area contributed by atoms with Gasteiger partial charge in [0.2, 0.25) is 0 Å². The van der Waals surface area contributed by atoms with Crippen LogP contribution in [0.1, 0.15) is 39.2 Å². The fraction of sp³-hybridized carbons (Fsp3) is 0.571. The van der Waals surface area contributed by atoms with E-state index in [0.29, 0.717) is 12.6 Å². The first-order chi connectivity index (χ1) is 7.98. The maximum atomic E-state index is 5.84. The van der Waals surface area contributed by atoms with Crippen LogP contribution < -0.4 is 15.2 Å². The van der Waals surface area contributed by atoms with E-state index in [1.807, 2.05) is 39.0 Å². The summed E-state index contributed by atoms with van der Waals surface area (Å²) in [4.78, 5) is 0. The average molecular weight is 235 g/mol. The Morgan fingerprint density at radius 1 is 1.29 bits per heavy atom. The van der Waals surface area contributed by atoms with Crippen LogP contribution in [0.15, 0.2) is 18.2 Å². The number of ether oxygens (including phenoxy) is 2. The van der Waals surface area contributed by atoms with Gasteiger partial charge in [-0.05, 0) is 39.7 Å². The molecule has 1 saturated carbocycles. The Labute approximate surface area is 103 Å². The second-order valence-corrected chi connectivity index (χ2v) is 5.51. The van der Waals surface area contributed by atoms with Crippen molar-refractivity contribution in [3.05, 3.63) is 23.8 Å². The Bertz CT molecular complexity index is 392. The minimum absolute atomic E-state index is 0.193. The second kappa shape index (κ2) is 4.57. The highest BCUT2D eigenvalue weighted by atomic mass is 16.5. The molecule has 0 bridgehead atoms. The molecule has 1 aliphatic carbocycles. The van der Waals surface area contributed by atoms with E-state index >= 15 is 0 Å². The third-order valence-electron chi connectivity index (χ3n) is 2.50. The molecule has 0 atom stereocenters. The fourth-order valence-electron chi connectivity index (χ4n) is 1.60. The van der Waals surface area contributed by atoms with Crippen LogP contribution in [0.2, 0.25) is 0 Å². The SMILES string of the molecule is CC(C)(C)Oc1ccc(CN)c(OC2CC2)c1. The molecular formula is C14H21NO2. The summed E-state index contributed by atoms with van der Waals surface area (Å²) in [7, 11) is 0. The Kier molecular flexibility index (Phi) is 3.29. The monoisotopic (exact) mass is 235 g/mol. The van der Waals surface area contributed by atoms with E-state index in [1.54, 1.807) is 0 Å². The van der Waals surface area contributed by atoms with Gasteiger partial charge in [-0.1, -0.05) is 6.07 Å². The van der Waals surface area contributed by atoms with Gasteiger partial charge >= 0.3 is 0 Å². The van der Waals surface area contributed by atoms with Crippen LogP contribution in [0.4, 0.5) is 0 Å². The molecule has 1 fully saturated rings. The molecule has 1 aromatic carbocycles. The van der Waals surface area contributed by atoms with Gasteiger partial charge in [-0.15, -0.1) is 0 Å². The first kappa shape index (κ1) is 12.2. The van der Waals surface area contributed by atoms with Gasteiger partial charge in [0.25, 0.3) is 0 Å². The van der Waals surface area contributed by atoms with Crippen molar-refractivity contribution in [2.45, 2.75) is 51.9 Å². The molecule has 0 heterocycles. The van der Waals surface area contributed by atoms with Gasteiger partial charge in [0.1, 0.15) is 17.1 Å². The highest BCUT2D eigenvalue weighted by Crippen LogP contribution is 2.32. The lowest BCUT2D eigenvalue weighted by Crippen LogP contribution is -2.23. The zero-order valence-electron chi connectivity index (χ0n) is 10.8. The molecule has 0 aliphatic heterocycles. The van der Waals surface area contributed by atoms with Gasteiger partial charge in [0.05, 0.1) is 6.10 Å². The number of rotatable bonds is 4. The molecule has 0 spiro atoms. The van der Waals surface area contributed by atoms with E-state index in [0.717, 1.165) is 29.9 Å². The lowest BCUT2D eigenvalue weighted by molar-refractivity contribution is 0.130. The third kappa shape index (κ3) is 3.63. The van der Waals surface area contributed by atoms with Crippen molar-refractivity contribution in [3.8, 4) is 11.5 Å². The topological polar surface area (TPSA) is 44.5 Å². The molecule has 3 heteroatoms. The fourth-order valence-corrected chi connectivity index (χ4v) is 1.60. The van der Waals surface area contributed by atoms with Gasteiger partial charge < -0.3 is 15.2 Å². The Morgan fingerprint density at radius 2 is 2.00 bits per heavy atom. The zero-order valence-corrected chi connectivity index (χ0v) is 10.8. The summed E-state index contributed by atoms with van der Waals surface area (Å²) in [5.74, 6) is 1.71. The van der Waals surface area contributed by atoms with Gasteiger partial charge in [-0.3, -0.25) is 0 Å². The van der Waals surface area contributed by atoms with E-state index < -0.39 is 0 Å². The Balaban J connectivity index is 2.17. The van der Waals surface area contributed by atoms with Gasteiger partial charge in [-0.2, -0.15) is 0 Å². The molecule has 1 aliphatic rings. The van der Waals surface area contributed by atoms with Gasteiger partial charge in [0, 0.05) is 18.2 Å². The van der Waals surface area contributed by atoms with E-state index in [4.69, 9.17) is 15.2 Å². The molecule has 3 nitrogen and oxygen atoms in total. The standard InChI is InChI=1S/C14H21NO2/c1-14(2,3)17-12-5-4-10(9-15)13(8-12)16-11-6-7-11/h4-5,8,11H,6-7,9,15H2,1-3H3. The molecule has 94 valence electrons. The van der Waals surface area contributed by atoms with Crippen molar-refractivity contribution in [3.63, 3.8) is 0 Å². The largest absolute Gasteiger partial charge is 0.490 e. The molecule has 2 N–H and O–H groups in total. The maximum absolute atomic E-state index is 5.84. The van der Waals surface area contributed by atoms with Gasteiger partial charge in [0.15, 0.2) is 0 Å². The maximum Gasteiger partial charge on any atom is 0.127 e. The molecule has 0 aromatic heterocycles. The molecule has 2 rings (SSSR count). The molecule has 0 unspecified atom stereocenters. The van der Waals surface area contributed by atoms with Crippen molar-refractivity contribution in [1.29, 1.82) is 0 Å². The summed E-state index contributed by atoms with van der Waals surface area (Å²) in [6.45, 7) is 6.60. The van der Waals surface area contributed by atoms with Crippen molar-refractivity contribution in [2.24, 2.45) is 5.73 Å². The highest BCUT2D eigenvalue weighted by Gasteiger charge is 2.25. The van der Waals surface area contributed by atoms with E-state index in [-0.39, 0.29) is 5.60 Å². The van der Waals surface area contributed by atoms with Crippen molar-refractivity contribution in [2.75, 3.05) is 0 Å². The second-order valence-electron chi connectivity index (χ2n) is 5.51. The number of benzene rings is 1. The smallest absolute Gasteiger partial charge is 0.127 e. The van der Waals surface area contributed by atoms with Gasteiger partial charge in [-0.25, -0.2) is 0 Å². The summed E-state index contributed by atoms with van der Waals surface area (Å²) >= 11 is 0. The van der Waals surface area contributed by atoms with Crippen LogP contribution >= 0.6 is 0 Å². The van der Waals surface area contributed by atoms with Crippen LogP contribution in [0, 0.1) is 0 Å². The van der Waals surface area contributed by atoms with E-state index in [9.17, 15) is 0 Å². The molecule has 0 amide bonds. The quantitative estimate of drug-likeness (QED) is 0.872. The third-order valence-corrected chi connectivity index (χ3v) is 2.50. The average Bonchev–Trinajstić information content (AvgIpc) is 3.00. The zero-order chi connectivity index (χ0) is 12.5. The van der Waals surface area contributed by atoms with Crippen LogP contribution in [-0.4, -0.2) is 11.7 Å². The summed E-state index contributed by atoms with van der Waals surface area (Å²) < 4.78 is 11.7. The molecular weight excluding hydrogens is 214 g/mol. The Hall–Kier alpha value is -1.22. The number of hydrogen-bond donors (Lipinski definition) is 1. The minimum Gasteiger partial charge on any atom is -0.490 e.